The van der Waals surface area contributed by atoms with Gasteiger partial charge in [-0.2, -0.15) is 15.1 Å². The maximum atomic E-state index is 10.0. The predicted octanol–water partition coefficient (Wildman–Crippen LogP) is 2.79. The molecule has 2 saturated heterocycles. The van der Waals surface area contributed by atoms with Gasteiger partial charge in [0.2, 0.25) is 5.28 Å². The highest BCUT2D eigenvalue weighted by Crippen LogP contribution is 2.46. The second-order valence-corrected chi connectivity index (χ2v) is 10.8. The maximum Gasteiger partial charge on any atom is 0.226 e. The van der Waals surface area contributed by atoms with Crippen LogP contribution in [-0.4, -0.2) is 65.7 Å². The topological polar surface area (TPSA) is 117 Å². The molecule has 0 spiro atoms. The molecule has 2 aliphatic rings. The zero-order chi connectivity index (χ0) is 19.7. The lowest BCUT2D eigenvalue weighted by atomic mass is 10.1. The van der Waals surface area contributed by atoms with Crippen LogP contribution in [0.3, 0.4) is 0 Å². The average molecular weight is 448 g/mol. The summed E-state index contributed by atoms with van der Waals surface area (Å²) in [5.74, 6) is 0.871. The van der Waals surface area contributed by atoms with Crippen molar-refractivity contribution < 1.29 is 19.4 Å². The number of piperidine rings is 1. The lowest BCUT2D eigenvalue weighted by Crippen LogP contribution is -2.30. The van der Waals surface area contributed by atoms with E-state index >= 15 is 0 Å². The van der Waals surface area contributed by atoms with Crippen molar-refractivity contribution in [1.82, 2.24) is 19.7 Å². The Hall–Kier alpha value is -0.660. The van der Waals surface area contributed by atoms with Crippen LogP contribution in [0.25, 0.3) is 11.0 Å². The van der Waals surface area contributed by atoms with Crippen molar-refractivity contribution in [2.45, 2.75) is 44.4 Å². The summed E-state index contributed by atoms with van der Waals surface area (Å²) >= 11 is 6.22. The predicted molar refractivity (Wildman–Crippen MR) is 110 cm³/mol. The molecule has 0 amide bonds. The van der Waals surface area contributed by atoms with Crippen LogP contribution in [0.1, 0.15) is 38.3 Å². The Bertz CT molecular complexity index is 820. The molecule has 154 valence electrons. The second kappa shape index (κ2) is 9.00. The van der Waals surface area contributed by atoms with Gasteiger partial charge in [-0.1, -0.05) is 0 Å². The van der Waals surface area contributed by atoms with E-state index in [0.717, 1.165) is 50.0 Å². The Balaban J connectivity index is 1.53. The van der Waals surface area contributed by atoms with Gasteiger partial charge in [0.15, 0.2) is 20.3 Å². The van der Waals surface area contributed by atoms with Gasteiger partial charge in [0.1, 0.15) is 5.82 Å². The lowest BCUT2D eigenvalue weighted by molar-refractivity contribution is 0.00697. The molecule has 9 nitrogen and oxygen atoms in total. The van der Waals surface area contributed by atoms with Crippen LogP contribution >= 0.6 is 28.1 Å². The Kier molecular flexibility index (Phi) is 6.63. The van der Waals surface area contributed by atoms with E-state index in [1.165, 1.54) is 6.42 Å². The molecule has 0 saturated carbocycles. The van der Waals surface area contributed by atoms with E-state index in [2.05, 4.69) is 20.0 Å². The second-order valence-electron chi connectivity index (χ2n) is 7.18. The first kappa shape index (κ1) is 20.6. The third-order valence-electron chi connectivity index (χ3n) is 5.12. The minimum absolute atomic E-state index is 0.0436. The molecular formula is C16H24ClN5O4P2. The van der Waals surface area contributed by atoms with Crippen molar-refractivity contribution >= 4 is 45.0 Å². The molecular weight excluding hydrogens is 424 g/mol. The molecule has 2 aliphatic heterocycles. The van der Waals surface area contributed by atoms with Gasteiger partial charge in [-0.25, -0.2) is 4.68 Å². The molecule has 0 radical (unpaired) electrons. The molecule has 0 aromatic carbocycles. The Morgan fingerprint density at radius 2 is 1.93 bits per heavy atom. The van der Waals surface area contributed by atoms with Crippen LogP contribution in [0.2, 0.25) is 5.28 Å². The van der Waals surface area contributed by atoms with Crippen LogP contribution in [0.15, 0.2) is 6.20 Å². The SMILES string of the molecule is OP(O)CP(O)CC1CCC(n2ncc3c(N4CCCCC4)nc(Cl)nc32)O1. The third-order valence-corrected chi connectivity index (χ3v) is 8.44. The van der Waals surface area contributed by atoms with Crippen molar-refractivity contribution in [3.63, 3.8) is 0 Å². The van der Waals surface area contributed by atoms with Crippen molar-refractivity contribution in [3.05, 3.63) is 11.5 Å². The number of hydrogen-bond donors (Lipinski definition) is 3. The van der Waals surface area contributed by atoms with Crippen molar-refractivity contribution in [3.8, 4) is 0 Å². The molecule has 4 rings (SSSR count). The fourth-order valence-corrected chi connectivity index (χ4v) is 6.41. The molecule has 28 heavy (non-hydrogen) atoms. The highest BCUT2D eigenvalue weighted by molar-refractivity contribution is 7.66. The number of anilines is 1. The lowest BCUT2D eigenvalue weighted by Gasteiger charge is -2.28. The normalized spacial score (nSPS) is 24.4. The highest BCUT2D eigenvalue weighted by atomic mass is 35.5. The summed E-state index contributed by atoms with van der Waals surface area (Å²) in [6, 6.07) is 0. The Morgan fingerprint density at radius 3 is 2.68 bits per heavy atom. The zero-order valence-electron chi connectivity index (χ0n) is 15.4. The summed E-state index contributed by atoms with van der Waals surface area (Å²) in [6.07, 6.45) is 6.82. The van der Waals surface area contributed by atoms with E-state index in [4.69, 9.17) is 26.1 Å². The number of fused-ring (bicyclic) bond motifs is 1. The van der Waals surface area contributed by atoms with Crippen LogP contribution < -0.4 is 4.90 Å². The van der Waals surface area contributed by atoms with Gasteiger partial charge in [0, 0.05) is 27.4 Å². The molecule has 3 unspecified atom stereocenters. The molecule has 0 bridgehead atoms. The highest BCUT2D eigenvalue weighted by Gasteiger charge is 2.31. The van der Waals surface area contributed by atoms with Crippen LogP contribution in [0.5, 0.6) is 0 Å². The van der Waals surface area contributed by atoms with E-state index in [1.54, 1.807) is 10.9 Å². The minimum atomic E-state index is -2.08. The first-order valence-corrected chi connectivity index (χ1v) is 12.9. The van der Waals surface area contributed by atoms with Crippen LogP contribution in [0.4, 0.5) is 5.82 Å². The average Bonchev–Trinajstić information content (AvgIpc) is 3.27. The van der Waals surface area contributed by atoms with Crippen molar-refractivity contribution in [2.24, 2.45) is 0 Å². The molecule has 0 aliphatic carbocycles. The van der Waals surface area contributed by atoms with Gasteiger partial charge in [-0.3, -0.25) is 0 Å². The Morgan fingerprint density at radius 1 is 1.14 bits per heavy atom. The smallest absolute Gasteiger partial charge is 0.226 e. The molecule has 3 N–H and O–H groups in total. The number of hydrogen-bond acceptors (Lipinski definition) is 8. The molecule has 2 fully saturated rings. The van der Waals surface area contributed by atoms with E-state index in [0.29, 0.717) is 11.8 Å². The monoisotopic (exact) mass is 447 g/mol. The summed E-state index contributed by atoms with van der Waals surface area (Å²) in [5, 5.41) is 5.57. The Labute approximate surface area is 170 Å². The van der Waals surface area contributed by atoms with Gasteiger partial charge in [0.05, 0.1) is 23.6 Å². The van der Waals surface area contributed by atoms with Crippen molar-refractivity contribution in [1.29, 1.82) is 0 Å². The molecule has 12 heteroatoms. The summed E-state index contributed by atoms with van der Waals surface area (Å²) in [4.78, 5) is 39.2. The summed E-state index contributed by atoms with van der Waals surface area (Å²) in [6.45, 7) is 1.90. The summed E-state index contributed by atoms with van der Waals surface area (Å²) in [7, 11) is -3.52. The van der Waals surface area contributed by atoms with E-state index in [-0.39, 0.29) is 23.5 Å². The maximum absolute atomic E-state index is 10.0. The van der Waals surface area contributed by atoms with E-state index < -0.39 is 16.5 Å². The number of rotatable bonds is 6. The van der Waals surface area contributed by atoms with E-state index in [1.807, 2.05) is 0 Å². The standard InChI is InChI=1S/C16H24ClN5O4P2/c17-16-19-14(21-6-2-1-3-7-21)12-8-18-22(15(12)20-16)13-5-4-11(26-13)9-27(23)10-28(24)25/h8,11,13,23-25H,1-7,9-10H2. The van der Waals surface area contributed by atoms with Gasteiger partial charge < -0.3 is 24.3 Å². The van der Waals surface area contributed by atoms with Crippen molar-refractivity contribution in [2.75, 3.05) is 30.1 Å². The zero-order valence-corrected chi connectivity index (χ0v) is 17.9. The molecule has 2 aromatic rings. The van der Waals surface area contributed by atoms with E-state index in [9.17, 15) is 4.89 Å². The van der Waals surface area contributed by atoms with Gasteiger partial charge in [-0.15, -0.1) is 0 Å². The van der Waals surface area contributed by atoms with Crippen LogP contribution in [-0.2, 0) is 4.74 Å². The first-order chi connectivity index (χ1) is 13.5. The van der Waals surface area contributed by atoms with Crippen LogP contribution in [0, 0.1) is 0 Å². The quantitative estimate of drug-likeness (QED) is 0.457. The number of ether oxygens (including phenoxy) is 1. The summed E-state index contributed by atoms with van der Waals surface area (Å²) < 4.78 is 7.83. The number of nitrogens with zero attached hydrogens (tertiary/aromatic N) is 5. The fraction of sp³-hybridized carbons (Fsp3) is 0.688. The third kappa shape index (κ3) is 4.57. The summed E-state index contributed by atoms with van der Waals surface area (Å²) in [5.41, 5.74) is 0.659. The number of aromatic nitrogens is 4. The largest absolute Gasteiger partial charge is 0.373 e. The number of halogens is 1. The first-order valence-electron chi connectivity index (χ1n) is 9.41. The van der Waals surface area contributed by atoms with Gasteiger partial charge in [-0.05, 0) is 43.7 Å². The van der Waals surface area contributed by atoms with Gasteiger partial charge >= 0.3 is 0 Å². The molecule has 2 aromatic heterocycles. The molecule has 4 heterocycles. The minimum Gasteiger partial charge on any atom is -0.373 e. The fourth-order valence-electron chi connectivity index (χ4n) is 3.88. The van der Waals surface area contributed by atoms with Gasteiger partial charge in [0.25, 0.3) is 0 Å². The molecule has 3 atom stereocenters.